The van der Waals surface area contributed by atoms with Gasteiger partial charge >= 0.3 is 18.7 Å². The van der Waals surface area contributed by atoms with Crippen LogP contribution in [0.3, 0.4) is 0 Å². The van der Waals surface area contributed by atoms with Crippen LogP contribution in [0.2, 0.25) is 0 Å². The molecule has 1 aliphatic heterocycles. The van der Waals surface area contributed by atoms with Crippen molar-refractivity contribution < 1.29 is 46.5 Å². The summed E-state index contributed by atoms with van der Waals surface area (Å²) in [6.07, 6.45) is 0.0831. The number of halogens is 2. The summed E-state index contributed by atoms with van der Waals surface area (Å²) >= 11 is 8.03. The van der Waals surface area contributed by atoms with Crippen LogP contribution in [0.1, 0.15) is 24.6 Å². The van der Waals surface area contributed by atoms with Gasteiger partial charge in [-0.25, -0.2) is 4.79 Å². The molecule has 2 unspecified atom stereocenters. The highest BCUT2D eigenvalue weighted by atomic mass is 32.5. The summed E-state index contributed by atoms with van der Waals surface area (Å²) in [5.41, 5.74) is -1.06. The number of nitrogens with one attached hydrogen (secondary N) is 1. The van der Waals surface area contributed by atoms with E-state index in [1.165, 1.54) is 13.1 Å². The number of nitrogens with zero attached hydrogens (tertiary/aromatic N) is 1. The number of rotatable bonds is 8. The molecule has 12 nitrogen and oxygen atoms in total. The Balaban J connectivity index is 2.02. The van der Waals surface area contributed by atoms with Crippen LogP contribution >= 0.6 is 20.8 Å². The normalized spacial score (nSPS) is 24.4. The lowest BCUT2D eigenvalue weighted by Gasteiger charge is -2.33. The van der Waals surface area contributed by atoms with Gasteiger partial charge in [0.15, 0.2) is 0 Å². The topological polar surface area (TPSA) is 183 Å². The molecule has 1 aromatic heterocycles. The molecule has 30 heavy (non-hydrogen) atoms. The zero-order valence-electron chi connectivity index (χ0n) is 14.9. The maximum atomic E-state index is 13.6. The summed E-state index contributed by atoms with van der Waals surface area (Å²) in [6.45, 7) is -9.77. The van der Waals surface area contributed by atoms with Crippen LogP contribution in [0, 0.1) is 6.92 Å². The number of hydrogen-bond acceptors (Lipinski definition) is 9. The van der Waals surface area contributed by atoms with Crippen LogP contribution in [0.15, 0.2) is 15.8 Å². The van der Waals surface area contributed by atoms with Gasteiger partial charge in [-0.15, -0.1) is 0 Å². The van der Waals surface area contributed by atoms with Crippen LogP contribution in [0.25, 0.3) is 0 Å². The number of ether oxygens (including phenoxy) is 1. The lowest BCUT2D eigenvalue weighted by atomic mass is 10.2. The highest BCUT2D eigenvalue weighted by molar-refractivity contribution is 8.13. The molecule has 2 heterocycles. The molecular formula is C11H16F2N2O10P3S2-. The van der Waals surface area contributed by atoms with E-state index in [4.69, 9.17) is 14.5 Å². The van der Waals surface area contributed by atoms with E-state index in [0.717, 1.165) is 4.57 Å². The lowest BCUT2D eigenvalue weighted by Crippen LogP contribution is -2.33. The third-order valence-electron chi connectivity index (χ3n) is 3.86. The first-order valence-corrected chi connectivity index (χ1v) is 14.7. The fourth-order valence-corrected chi connectivity index (χ4v) is 7.95. The van der Waals surface area contributed by atoms with Crippen molar-refractivity contribution in [2.24, 2.45) is 0 Å². The van der Waals surface area contributed by atoms with Crippen molar-refractivity contribution in [2.45, 2.75) is 37.5 Å². The lowest BCUT2D eigenvalue weighted by molar-refractivity contribution is -0.202. The molecule has 172 valence electrons. The quantitative estimate of drug-likeness (QED) is 0.334. The Bertz CT molecular complexity index is 1070. The van der Waals surface area contributed by atoms with Crippen LogP contribution in [0.4, 0.5) is 8.78 Å². The third-order valence-corrected chi connectivity index (χ3v) is 11.0. The molecule has 0 aromatic carbocycles. The van der Waals surface area contributed by atoms with E-state index in [1.807, 2.05) is 0 Å². The van der Waals surface area contributed by atoms with Crippen molar-refractivity contribution >= 4 is 44.4 Å². The van der Waals surface area contributed by atoms with Gasteiger partial charge in [0.2, 0.25) is 0 Å². The van der Waals surface area contributed by atoms with Crippen molar-refractivity contribution in [3.05, 3.63) is 32.6 Å². The minimum atomic E-state index is -6.28. The van der Waals surface area contributed by atoms with Gasteiger partial charge < -0.3 is 28.8 Å². The summed E-state index contributed by atoms with van der Waals surface area (Å²) in [7, 11) is -6.28. The monoisotopic (exact) mass is 531 g/mol. The molecule has 2 rings (SSSR count). The molecule has 0 radical (unpaired) electrons. The Hall–Kier alpha value is -0.210. The molecule has 0 saturated carbocycles. The Labute approximate surface area is 177 Å². The average Bonchev–Trinajstić information content (AvgIpc) is 3.03. The van der Waals surface area contributed by atoms with Crippen molar-refractivity contribution in [3.63, 3.8) is 0 Å². The second kappa shape index (κ2) is 8.97. The van der Waals surface area contributed by atoms with Gasteiger partial charge in [0.05, 0.1) is 12.7 Å². The molecule has 1 fully saturated rings. The molecule has 19 heteroatoms. The first-order chi connectivity index (χ1) is 13.5. The Morgan fingerprint density at radius 1 is 1.37 bits per heavy atom. The molecule has 0 spiro atoms. The smallest absolute Gasteiger partial charge is 0.416 e. The van der Waals surface area contributed by atoms with Crippen molar-refractivity contribution in [1.29, 1.82) is 0 Å². The maximum Gasteiger partial charge on any atom is 0.416 e. The van der Waals surface area contributed by atoms with Crippen molar-refractivity contribution in [2.75, 3.05) is 6.61 Å². The molecule has 1 aromatic rings. The van der Waals surface area contributed by atoms with E-state index in [0.29, 0.717) is 0 Å². The number of aromatic amines is 1. The average molecular weight is 531 g/mol. The van der Waals surface area contributed by atoms with E-state index in [2.05, 4.69) is 37.4 Å². The maximum absolute atomic E-state index is 13.6. The zero-order valence-corrected chi connectivity index (χ0v) is 19.2. The van der Waals surface area contributed by atoms with E-state index in [9.17, 15) is 32.7 Å². The fraction of sp³-hybridized carbons (Fsp3) is 0.636. The fourth-order valence-electron chi connectivity index (χ4n) is 2.36. The summed E-state index contributed by atoms with van der Waals surface area (Å²) in [5, 5.41) is -5.19. The SMILES string of the molecule is Cc1cn([C@H]2CC[C@@H](COP([O-])(=S)OP(=O)(O)C(F)(F)P(O)(O)=S)O2)c(=O)[nH]c1=O. The molecule has 1 aliphatic rings. The van der Waals surface area contributed by atoms with Crippen LogP contribution < -0.4 is 16.1 Å². The number of aromatic nitrogens is 2. The van der Waals surface area contributed by atoms with E-state index >= 15 is 0 Å². The second-order valence-electron chi connectivity index (χ2n) is 6.17. The van der Waals surface area contributed by atoms with E-state index < -0.39 is 56.4 Å². The van der Waals surface area contributed by atoms with Gasteiger partial charge in [-0.2, -0.15) is 8.78 Å². The third kappa shape index (κ3) is 5.77. The second-order valence-corrected chi connectivity index (χ2v) is 14.4. The highest BCUT2D eigenvalue weighted by Crippen LogP contribution is 2.77. The molecule has 4 N–H and O–H groups in total. The molecular weight excluding hydrogens is 515 g/mol. The number of hydrogen-bond donors (Lipinski definition) is 4. The summed E-state index contributed by atoms with van der Waals surface area (Å²) in [5.74, 6) is 0. The molecule has 0 aliphatic carbocycles. The van der Waals surface area contributed by atoms with Crippen LogP contribution in [-0.2, 0) is 41.8 Å². The predicted octanol–water partition coefficient (Wildman–Crippen LogP) is 0.170. The largest absolute Gasteiger partial charge is 0.779 e. The predicted molar refractivity (Wildman–Crippen MR) is 104 cm³/mol. The number of H-pyrrole nitrogens is 1. The van der Waals surface area contributed by atoms with Crippen molar-refractivity contribution in [3.8, 4) is 0 Å². The Morgan fingerprint density at radius 2 is 1.97 bits per heavy atom. The Morgan fingerprint density at radius 3 is 2.53 bits per heavy atom. The molecule has 0 bridgehead atoms. The zero-order chi connectivity index (χ0) is 23.1. The minimum Gasteiger partial charge on any atom is -0.779 e. The van der Waals surface area contributed by atoms with Crippen LogP contribution in [0.5, 0.6) is 0 Å². The van der Waals surface area contributed by atoms with Gasteiger partial charge in [-0.05, 0) is 31.6 Å². The first-order valence-electron chi connectivity index (χ1n) is 7.87. The van der Waals surface area contributed by atoms with Gasteiger partial charge in [0, 0.05) is 11.8 Å². The first kappa shape index (κ1) is 26.0. The molecule has 4 atom stereocenters. The summed E-state index contributed by atoms with van der Waals surface area (Å²) in [4.78, 5) is 64.4. The highest BCUT2D eigenvalue weighted by Gasteiger charge is 2.62. The van der Waals surface area contributed by atoms with Crippen LogP contribution in [-0.4, -0.2) is 42.3 Å². The molecule has 0 amide bonds. The van der Waals surface area contributed by atoms with Gasteiger partial charge in [0.1, 0.15) is 12.9 Å². The van der Waals surface area contributed by atoms with Gasteiger partial charge in [-0.1, -0.05) is 11.8 Å². The van der Waals surface area contributed by atoms with E-state index in [-0.39, 0.29) is 18.4 Å². The number of alkyl halides is 2. The Kier molecular flexibility index (Phi) is 7.79. The van der Waals surface area contributed by atoms with Gasteiger partial charge in [0.25, 0.3) is 12.1 Å². The van der Waals surface area contributed by atoms with Gasteiger partial charge in [-0.3, -0.25) is 23.2 Å². The minimum absolute atomic E-state index is 0.228. The summed E-state index contributed by atoms with van der Waals surface area (Å²) < 4.78 is 54.0. The standard InChI is InChI=1S/C11H17F2N2O10P3S2/c1-6-4-15(10(17)14-9(6)16)8-3-2-7(24-8)5-23-28(22,30)25-26(18,19)11(12,13)27(20,21)29/h4,7-8H,2-3,5H2,1H3,(H,18,19)(H,22,30)(H,14,16,17)(H2,20,21,29)/p-1/t7-,8+,28?/m0/s1. The summed E-state index contributed by atoms with van der Waals surface area (Å²) in [6, 6.07) is 0. The number of aryl methyl sites for hydroxylation is 1. The molecule has 1 saturated heterocycles. The van der Waals surface area contributed by atoms with E-state index in [1.54, 1.807) is 0 Å². The van der Waals surface area contributed by atoms with Crippen molar-refractivity contribution in [1.82, 2.24) is 9.55 Å².